The van der Waals surface area contributed by atoms with Crippen molar-refractivity contribution in [2.24, 2.45) is 0 Å². The topological polar surface area (TPSA) is 74.8 Å². The summed E-state index contributed by atoms with van der Waals surface area (Å²) in [4.78, 5) is 7.03. The van der Waals surface area contributed by atoms with Gasteiger partial charge in [0.15, 0.2) is 0 Å². The fourth-order valence-electron chi connectivity index (χ4n) is 1.74. The quantitative estimate of drug-likeness (QED) is 0.838. The standard InChI is InChI=1S/C12H13BrClN3O2S/c1-2-10(12-15-5-6-16-12)17-20(18,19)11-4-3-8(13)7-9(11)14/h3-7,10,17H,2H2,1H3,(H,15,16). The lowest BCUT2D eigenvalue weighted by Gasteiger charge is -2.15. The molecule has 108 valence electrons. The van der Waals surface area contributed by atoms with Crippen molar-refractivity contribution in [1.29, 1.82) is 0 Å². The highest BCUT2D eigenvalue weighted by Gasteiger charge is 2.23. The van der Waals surface area contributed by atoms with E-state index in [2.05, 4.69) is 30.6 Å². The summed E-state index contributed by atoms with van der Waals surface area (Å²) in [7, 11) is -3.71. The minimum atomic E-state index is -3.71. The van der Waals surface area contributed by atoms with E-state index >= 15 is 0 Å². The van der Waals surface area contributed by atoms with Crippen LogP contribution >= 0.6 is 27.5 Å². The second kappa shape index (κ2) is 6.26. The fourth-order valence-corrected chi connectivity index (χ4v) is 4.07. The molecule has 1 aromatic heterocycles. The van der Waals surface area contributed by atoms with Crippen molar-refractivity contribution in [3.8, 4) is 0 Å². The Morgan fingerprint density at radius 3 is 2.80 bits per heavy atom. The van der Waals surface area contributed by atoms with E-state index in [0.29, 0.717) is 12.2 Å². The molecule has 0 radical (unpaired) electrons. The lowest BCUT2D eigenvalue weighted by atomic mass is 10.2. The summed E-state index contributed by atoms with van der Waals surface area (Å²) >= 11 is 9.24. The van der Waals surface area contributed by atoms with Gasteiger partial charge in [0.25, 0.3) is 0 Å². The number of benzene rings is 1. The molecule has 2 rings (SSSR count). The molecule has 2 N–H and O–H groups in total. The van der Waals surface area contributed by atoms with Crippen LogP contribution in [0.3, 0.4) is 0 Å². The molecular formula is C12H13BrClN3O2S. The number of H-pyrrole nitrogens is 1. The minimum absolute atomic E-state index is 0.0485. The van der Waals surface area contributed by atoms with Gasteiger partial charge in [-0.15, -0.1) is 0 Å². The molecule has 0 saturated carbocycles. The molecule has 0 aliphatic carbocycles. The molecule has 0 spiro atoms. The summed E-state index contributed by atoms with van der Waals surface area (Å²) < 4.78 is 28.1. The van der Waals surface area contributed by atoms with Gasteiger partial charge in [0.1, 0.15) is 10.7 Å². The molecule has 1 aromatic carbocycles. The van der Waals surface area contributed by atoms with Gasteiger partial charge < -0.3 is 4.98 Å². The third-order valence-electron chi connectivity index (χ3n) is 2.74. The van der Waals surface area contributed by atoms with Gasteiger partial charge in [0.2, 0.25) is 10.0 Å². The molecular weight excluding hydrogens is 366 g/mol. The van der Waals surface area contributed by atoms with Crippen LogP contribution in [-0.2, 0) is 10.0 Å². The molecule has 5 nitrogen and oxygen atoms in total. The zero-order valence-electron chi connectivity index (χ0n) is 10.6. The number of nitrogens with zero attached hydrogens (tertiary/aromatic N) is 1. The van der Waals surface area contributed by atoms with Gasteiger partial charge >= 0.3 is 0 Å². The highest BCUT2D eigenvalue weighted by Crippen LogP contribution is 2.26. The number of aromatic amines is 1. The lowest BCUT2D eigenvalue weighted by molar-refractivity contribution is 0.539. The first-order valence-corrected chi connectivity index (χ1v) is 8.56. The molecule has 8 heteroatoms. The summed E-state index contributed by atoms with van der Waals surface area (Å²) in [6, 6.07) is 4.22. The van der Waals surface area contributed by atoms with Gasteiger partial charge in [-0.3, -0.25) is 0 Å². The predicted octanol–water partition coefficient (Wildman–Crippen LogP) is 3.26. The minimum Gasteiger partial charge on any atom is -0.347 e. The first-order valence-electron chi connectivity index (χ1n) is 5.90. The Hall–Kier alpha value is -0.890. The monoisotopic (exact) mass is 377 g/mol. The van der Waals surface area contributed by atoms with E-state index in [1.54, 1.807) is 24.5 Å². The van der Waals surface area contributed by atoms with Crippen LogP contribution < -0.4 is 4.72 Å². The summed E-state index contributed by atoms with van der Waals surface area (Å²) in [6.07, 6.45) is 3.80. The van der Waals surface area contributed by atoms with E-state index < -0.39 is 16.1 Å². The van der Waals surface area contributed by atoms with Gasteiger partial charge in [-0.1, -0.05) is 34.5 Å². The molecule has 0 bridgehead atoms. The van der Waals surface area contributed by atoms with Gasteiger partial charge in [-0.25, -0.2) is 18.1 Å². The van der Waals surface area contributed by atoms with E-state index in [0.717, 1.165) is 4.47 Å². The molecule has 1 heterocycles. The Balaban J connectivity index is 2.31. The third kappa shape index (κ3) is 3.41. The number of aromatic nitrogens is 2. The summed E-state index contributed by atoms with van der Waals surface area (Å²) in [5.41, 5.74) is 0. The van der Waals surface area contributed by atoms with Gasteiger partial charge in [0.05, 0.1) is 11.1 Å². The molecule has 0 aliphatic rings. The summed E-state index contributed by atoms with van der Waals surface area (Å²) in [5.74, 6) is 0.573. The Morgan fingerprint density at radius 1 is 1.50 bits per heavy atom. The first-order chi connectivity index (χ1) is 9.44. The SMILES string of the molecule is CCC(NS(=O)(=O)c1ccc(Br)cc1Cl)c1ncc[nH]1. The Kier molecular flexibility index (Phi) is 4.85. The van der Waals surface area contributed by atoms with Crippen molar-refractivity contribution >= 4 is 37.6 Å². The van der Waals surface area contributed by atoms with Gasteiger partial charge in [-0.05, 0) is 24.6 Å². The third-order valence-corrected chi connectivity index (χ3v) is 5.19. The second-order valence-corrected chi connectivity index (χ2v) is 7.14. The maximum atomic E-state index is 12.4. The van der Waals surface area contributed by atoms with E-state index in [9.17, 15) is 8.42 Å². The van der Waals surface area contributed by atoms with E-state index in [1.807, 2.05) is 6.92 Å². The van der Waals surface area contributed by atoms with E-state index in [1.165, 1.54) is 6.07 Å². The highest BCUT2D eigenvalue weighted by atomic mass is 79.9. The maximum Gasteiger partial charge on any atom is 0.242 e. The molecule has 0 amide bonds. The van der Waals surface area contributed by atoms with Crippen LogP contribution in [0, 0.1) is 0 Å². The molecule has 0 saturated heterocycles. The molecule has 0 aliphatic heterocycles. The number of hydrogen-bond acceptors (Lipinski definition) is 3. The van der Waals surface area contributed by atoms with Gasteiger partial charge in [-0.2, -0.15) is 0 Å². The van der Waals surface area contributed by atoms with Gasteiger partial charge in [0, 0.05) is 16.9 Å². The highest BCUT2D eigenvalue weighted by molar-refractivity contribution is 9.10. The number of imidazole rings is 1. The number of halogens is 2. The van der Waals surface area contributed by atoms with E-state index in [4.69, 9.17) is 11.6 Å². The van der Waals surface area contributed by atoms with Crippen molar-refractivity contribution in [3.05, 3.63) is 45.9 Å². The molecule has 20 heavy (non-hydrogen) atoms. The second-order valence-electron chi connectivity index (χ2n) is 4.13. The van der Waals surface area contributed by atoms with Crippen molar-refractivity contribution < 1.29 is 8.42 Å². The zero-order chi connectivity index (χ0) is 14.8. The summed E-state index contributed by atoms with van der Waals surface area (Å²) in [5, 5.41) is 0.168. The average molecular weight is 379 g/mol. The van der Waals surface area contributed by atoms with Crippen LogP contribution in [-0.4, -0.2) is 18.4 Å². The number of sulfonamides is 1. The lowest BCUT2D eigenvalue weighted by Crippen LogP contribution is -2.29. The van der Waals surface area contributed by atoms with Crippen LogP contribution in [0.25, 0.3) is 0 Å². The predicted molar refractivity (Wildman–Crippen MR) is 81.1 cm³/mol. The Bertz CT molecular complexity index is 689. The molecule has 1 unspecified atom stereocenters. The van der Waals surface area contributed by atoms with Crippen LogP contribution in [0.1, 0.15) is 25.2 Å². The number of hydrogen-bond donors (Lipinski definition) is 2. The first kappa shape index (κ1) is 15.5. The zero-order valence-corrected chi connectivity index (χ0v) is 13.8. The normalized spacial score (nSPS) is 13.3. The largest absolute Gasteiger partial charge is 0.347 e. The van der Waals surface area contributed by atoms with Crippen LogP contribution in [0.2, 0.25) is 5.02 Å². The Morgan fingerprint density at radius 2 is 2.25 bits per heavy atom. The smallest absolute Gasteiger partial charge is 0.242 e. The van der Waals surface area contributed by atoms with E-state index in [-0.39, 0.29) is 9.92 Å². The molecule has 0 fully saturated rings. The average Bonchev–Trinajstić information content (AvgIpc) is 2.89. The van der Waals surface area contributed by atoms with Crippen molar-refractivity contribution in [1.82, 2.24) is 14.7 Å². The van der Waals surface area contributed by atoms with Crippen LogP contribution in [0.5, 0.6) is 0 Å². The fraction of sp³-hybridized carbons (Fsp3) is 0.250. The van der Waals surface area contributed by atoms with Crippen molar-refractivity contribution in [2.45, 2.75) is 24.3 Å². The van der Waals surface area contributed by atoms with Crippen LogP contribution in [0.15, 0.2) is 40.0 Å². The Labute approximate surface area is 130 Å². The number of nitrogens with one attached hydrogen (secondary N) is 2. The van der Waals surface area contributed by atoms with Crippen LogP contribution in [0.4, 0.5) is 0 Å². The summed E-state index contributed by atoms with van der Waals surface area (Å²) in [6.45, 7) is 1.87. The number of rotatable bonds is 5. The van der Waals surface area contributed by atoms with Crippen molar-refractivity contribution in [2.75, 3.05) is 0 Å². The molecule has 1 atom stereocenters. The maximum absolute atomic E-state index is 12.4. The molecule has 2 aromatic rings. The van der Waals surface area contributed by atoms with Crippen molar-refractivity contribution in [3.63, 3.8) is 0 Å².